The summed E-state index contributed by atoms with van der Waals surface area (Å²) in [5.41, 5.74) is 8.40. The van der Waals surface area contributed by atoms with Crippen molar-refractivity contribution in [3.8, 4) is 17.1 Å². The summed E-state index contributed by atoms with van der Waals surface area (Å²) in [5, 5.41) is 7.72. The van der Waals surface area contributed by atoms with Crippen molar-refractivity contribution >= 4 is 34.3 Å². The zero-order valence-corrected chi connectivity index (χ0v) is 23.2. The van der Waals surface area contributed by atoms with Gasteiger partial charge in [0.2, 0.25) is 11.9 Å². The van der Waals surface area contributed by atoms with Gasteiger partial charge in [0.1, 0.15) is 12.4 Å². The predicted octanol–water partition coefficient (Wildman–Crippen LogP) is 4.76. The van der Waals surface area contributed by atoms with E-state index in [0.29, 0.717) is 40.2 Å². The van der Waals surface area contributed by atoms with Crippen LogP contribution >= 0.6 is 0 Å². The topological polar surface area (TPSA) is 143 Å². The average molecular weight is 569 g/mol. The number of benzene rings is 2. The van der Waals surface area contributed by atoms with Crippen LogP contribution in [0.15, 0.2) is 59.8 Å². The largest absolute Gasteiger partial charge is 0.461 e. The van der Waals surface area contributed by atoms with Gasteiger partial charge in [-0.25, -0.2) is 4.39 Å². The summed E-state index contributed by atoms with van der Waals surface area (Å²) in [6, 6.07) is 10.2. The number of nitrogens with two attached hydrogens (primary N) is 1. The van der Waals surface area contributed by atoms with E-state index >= 15 is 4.39 Å². The molecule has 3 aromatic heterocycles. The number of nitrogens with zero attached hydrogens (tertiary/aromatic N) is 6. The minimum absolute atomic E-state index is 0.00593. The van der Waals surface area contributed by atoms with E-state index in [4.69, 9.17) is 10.5 Å². The van der Waals surface area contributed by atoms with Crippen molar-refractivity contribution in [1.82, 2.24) is 29.3 Å². The Kier molecular flexibility index (Phi) is 7.11. The molecule has 1 aliphatic carbocycles. The maximum absolute atomic E-state index is 15.3. The quantitative estimate of drug-likeness (QED) is 0.241. The van der Waals surface area contributed by atoms with Gasteiger partial charge in [-0.05, 0) is 54.3 Å². The SMILES string of the molecule is CCCC(=O)OCc1c(-c2nc(N)nc(Nc3cnn(C)c3)n2)cccc1-n1ccc2cc(C3CC3)cc(F)c2c1=O. The Labute approximate surface area is 240 Å². The number of carbonyl (C=O) groups is 1. The van der Waals surface area contributed by atoms with Crippen LogP contribution in [0.2, 0.25) is 0 Å². The van der Waals surface area contributed by atoms with Crippen LogP contribution in [0.3, 0.4) is 0 Å². The van der Waals surface area contributed by atoms with Gasteiger partial charge < -0.3 is 15.8 Å². The van der Waals surface area contributed by atoms with Crippen molar-refractivity contribution in [2.45, 2.75) is 45.1 Å². The monoisotopic (exact) mass is 568 g/mol. The van der Waals surface area contributed by atoms with Crippen LogP contribution in [0, 0.1) is 5.82 Å². The fourth-order valence-electron chi connectivity index (χ4n) is 4.97. The Morgan fingerprint density at radius 3 is 2.76 bits per heavy atom. The van der Waals surface area contributed by atoms with Crippen molar-refractivity contribution < 1.29 is 13.9 Å². The van der Waals surface area contributed by atoms with Crippen LogP contribution in [0.4, 0.5) is 22.0 Å². The van der Waals surface area contributed by atoms with Gasteiger partial charge >= 0.3 is 5.97 Å². The Hall–Kier alpha value is -5.13. The highest BCUT2D eigenvalue weighted by Gasteiger charge is 2.26. The molecule has 1 saturated carbocycles. The van der Waals surface area contributed by atoms with Crippen LogP contribution in [0.25, 0.3) is 27.8 Å². The third-order valence-electron chi connectivity index (χ3n) is 7.12. The van der Waals surface area contributed by atoms with E-state index in [0.717, 1.165) is 18.4 Å². The highest BCUT2D eigenvalue weighted by Crippen LogP contribution is 2.41. The van der Waals surface area contributed by atoms with Gasteiger partial charge in [-0.3, -0.25) is 18.8 Å². The van der Waals surface area contributed by atoms with Gasteiger partial charge in [-0.1, -0.05) is 25.1 Å². The molecule has 0 spiro atoms. The molecule has 0 atom stereocenters. The molecule has 11 nitrogen and oxygen atoms in total. The zero-order valence-electron chi connectivity index (χ0n) is 23.2. The fourth-order valence-corrected chi connectivity index (χ4v) is 4.97. The number of ether oxygens (including phenoxy) is 1. The van der Waals surface area contributed by atoms with E-state index in [2.05, 4.69) is 25.4 Å². The number of aromatic nitrogens is 6. The van der Waals surface area contributed by atoms with Crippen LogP contribution in [-0.2, 0) is 23.2 Å². The van der Waals surface area contributed by atoms with Gasteiger partial charge in [-0.2, -0.15) is 20.1 Å². The third kappa shape index (κ3) is 5.42. The molecular formula is C30H29FN8O3. The molecule has 0 amide bonds. The molecule has 2 aromatic carbocycles. The van der Waals surface area contributed by atoms with E-state index in [1.807, 2.05) is 13.0 Å². The van der Waals surface area contributed by atoms with Crippen LogP contribution in [0.5, 0.6) is 0 Å². The molecule has 5 aromatic rings. The van der Waals surface area contributed by atoms with E-state index in [1.54, 1.807) is 54.6 Å². The molecule has 1 aliphatic rings. The molecule has 0 saturated heterocycles. The number of rotatable bonds is 9. The normalized spacial score (nSPS) is 12.9. The molecular weight excluding hydrogens is 539 g/mol. The van der Waals surface area contributed by atoms with Gasteiger partial charge in [0.15, 0.2) is 5.82 Å². The molecule has 12 heteroatoms. The standard InChI is InChI=1S/C30H29FN8O3/c1-3-5-25(40)42-16-22-21(27-35-29(32)37-30(36-27)34-20-14-33-38(2)15-20)6-4-7-24(22)39-11-10-18-12-19(17-8-9-17)13-23(31)26(18)28(39)41/h4,6-7,10-15,17H,3,5,8-9,16H2,1-2H3,(H3,32,34,35,36,37). The summed E-state index contributed by atoms with van der Waals surface area (Å²) in [5.74, 6) is -0.262. The molecule has 0 radical (unpaired) electrons. The van der Waals surface area contributed by atoms with Gasteiger partial charge in [-0.15, -0.1) is 0 Å². The average Bonchev–Trinajstić information content (AvgIpc) is 3.73. The number of hydrogen-bond acceptors (Lipinski definition) is 9. The summed E-state index contributed by atoms with van der Waals surface area (Å²) in [6.07, 6.45) is 7.86. The number of hydrogen-bond donors (Lipinski definition) is 2. The lowest BCUT2D eigenvalue weighted by atomic mass is 10.0. The minimum atomic E-state index is -0.558. The minimum Gasteiger partial charge on any atom is -0.461 e. The maximum Gasteiger partial charge on any atom is 0.306 e. The lowest BCUT2D eigenvalue weighted by molar-refractivity contribution is -0.144. The first-order valence-corrected chi connectivity index (χ1v) is 13.7. The second-order valence-electron chi connectivity index (χ2n) is 10.3. The van der Waals surface area contributed by atoms with Crippen molar-refractivity contribution in [3.63, 3.8) is 0 Å². The highest BCUT2D eigenvalue weighted by atomic mass is 19.1. The zero-order chi connectivity index (χ0) is 29.4. The number of nitrogens with one attached hydrogen (secondary N) is 1. The Bertz CT molecular complexity index is 1880. The maximum atomic E-state index is 15.3. The molecule has 42 heavy (non-hydrogen) atoms. The van der Waals surface area contributed by atoms with Crippen molar-refractivity contribution in [3.05, 3.63) is 82.3 Å². The number of anilines is 3. The predicted molar refractivity (Wildman–Crippen MR) is 156 cm³/mol. The Morgan fingerprint density at radius 1 is 1.19 bits per heavy atom. The lowest BCUT2D eigenvalue weighted by Crippen LogP contribution is -2.21. The molecule has 0 unspecified atom stereocenters. The second kappa shape index (κ2) is 11.0. The van der Waals surface area contributed by atoms with Gasteiger partial charge in [0.05, 0.1) is 23.0 Å². The molecule has 3 heterocycles. The van der Waals surface area contributed by atoms with E-state index in [9.17, 15) is 9.59 Å². The van der Waals surface area contributed by atoms with Gasteiger partial charge in [0.25, 0.3) is 5.56 Å². The number of fused-ring (bicyclic) bond motifs is 1. The summed E-state index contributed by atoms with van der Waals surface area (Å²) in [4.78, 5) is 39.2. The molecule has 0 bridgehead atoms. The summed E-state index contributed by atoms with van der Waals surface area (Å²) >= 11 is 0. The van der Waals surface area contributed by atoms with Crippen molar-refractivity contribution in [1.29, 1.82) is 0 Å². The number of aryl methyl sites for hydroxylation is 1. The number of nitrogen functional groups attached to an aromatic ring is 1. The van der Waals surface area contributed by atoms with Crippen molar-refractivity contribution in [2.24, 2.45) is 7.05 Å². The Balaban J connectivity index is 1.48. The number of esters is 1. The third-order valence-corrected chi connectivity index (χ3v) is 7.12. The van der Waals surface area contributed by atoms with Crippen molar-refractivity contribution in [2.75, 3.05) is 11.1 Å². The fraction of sp³-hybridized carbons (Fsp3) is 0.267. The molecule has 3 N–H and O–H groups in total. The number of carbonyl (C=O) groups excluding carboxylic acids is 1. The molecule has 0 aliphatic heterocycles. The van der Waals surface area contributed by atoms with E-state index in [1.165, 1.54) is 10.6 Å². The Morgan fingerprint density at radius 2 is 2.02 bits per heavy atom. The van der Waals surface area contributed by atoms with Crippen LogP contribution in [-0.4, -0.2) is 35.3 Å². The summed E-state index contributed by atoms with van der Waals surface area (Å²) < 4.78 is 23.9. The number of halogens is 1. The first-order chi connectivity index (χ1) is 20.3. The first kappa shape index (κ1) is 27.1. The lowest BCUT2D eigenvalue weighted by Gasteiger charge is -2.17. The summed E-state index contributed by atoms with van der Waals surface area (Å²) in [6.45, 7) is 1.71. The smallest absolute Gasteiger partial charge is 0.306 e. The summed E-state index contributed by atoms with van der Waals surface area (Å²) in [7, 11) is 1.78. The molecule has 214 valence electrons. The second-order valence-corrected chi connectivity index (χ2v) is 10.3. The van der Waals surface area contributed by atoms with Gasteiger partial charge in [0, 0.05) is 37.0 Å². The van der Waals surface area contributed by atoms with E-state index < -0.39 is 17.3 Å². The molecule has 1 fully saturated rings. The van der Waals surface area contributed by atoms with Crippen LogP contribution < -0.4 is 16.6 Å². The van der Waals surface area contributed by atoms with Crippen LogP contribution in [0.1, 0.15) is 49.7 Å². The highest BCUT2D eigenvalue weighted by molar-refractivity contribution is 5.84. The number of pyridine rings is 1. The molecule has 6 rings (SSSR count). The first-order valence-electron chi connectivity index (χ1n) is 13.7. The van der Waals surface area contributed by atoms with E-state index in [-0.39, 0.29) is 36.1 Å².